The molecule has 1 amide bonds. The number of aromatic nitrogens is 5. The summed E-state index contributed by atoms with van der Waals surface area (Å²) in [5.74, 6) is 0.691. The summed E-state index contributed by atoms with van der Waals surface area (Å²) in [6.07, 6.45) is 7.50. The molecule has 3 aromatic rings. The smallest absolute Gasteiger partial charge is 0.256 e. The van der Waals surface area contributed by atoms with Gasteiger partial charge < -0.3 is 9.80 Å². The molecule has 0 bridgehead atoms. The van der Waals surface area contributed by atoms with Crippen LogP contribution in [0.1, 0.15) is 22.5 Å². The fourth-order valence-corrected chi connectivity index (χ4v) is 4.14. The average Bonchev–Trinajstić information content (AvgIpc) is 3.24. The summed E-state index contributed by atoms with van der Waals surface area (Å²) in [4.78, 5) is 27.4. The highest BCUT2D eigenvalue weighted by Gasteiger charge is 2.44. The Morgan fingerprint density at radius 3 is 2.72 bits per heavy atom. The second-order valence-corrected chi connectivity index (χ2v) is 7.52. The third-order valence-corrected chi connectivity index (χ3v) is 5.72. The van der Waals surface area contributed by atoms with Crippen LogP contribution in [0.25, 0.3) is 5.69 Å². The average molecular weight is 393 g/mol. The summed E-state index contributed by atoms with van der Waals surface area (Å²) < 4.78 is 13.9. The molecule has 1 aromatic carbocycles. The third kappa shape index (κ3) is 3.12. The summed E-state index contributed by atoms with van der Waals surface area (Å²) in [5, 5.41) is 8.18. The van der Waals surface area contributed by atoms with Gasteiger partial charge in [-0.2, -0.15) is 15.0 Å². The van der Waals surface area contributed by atoms with E-state index in [1.54, 1.807) is 17.3 Å². The Kier molecular flexibility index (Phi) is 4.22. The van der Waals surface area contributed by atoms with Gasteiger partial charge in [0.05, 0.1) is 47.8 Å². The van der Waals surface area contributed by atoms with Crippen molar-refractivity contribution in [3.63, 3.8) is 0 Å². The highest BCUT2D eigenvalue weighted by molar-refractivity contribution is 5.97. The number of carbonyl (C=O) groups excluding carboxylic acids is 1. The van der Waals surface area contributed by atoms with E-state index in [1.165, 1.54) is 35.4 Å². The predicted octanol–water partition coefficient (Wildman–Crippen LogP) is 1.86. The monoisotopic (exact) mass is 393 g/mol. The van der Waals surface area contributed by atoms with Gasteiger partial charge in [-0.1, -0.05) is 0 Å². The first-order valence-corrected chi connectivity index (χ1v) is 9.61. The lowest BCUT2D eigenvalue weighted by atomic mass is 9.82. The molecule has 0 aliphatic carbocycles. The molecule has 2 fully saturated rings. The van der Waals surface area contributed by atoms with Crippen molar-refractivity contribution < 1.29 is 9.18 Å². The van der Waals surface area contributed by atoms with Gasteiger partial charge in [-0.05, 0) is 31.5 Å². The largest absolute Gasteiger partial charge is 0.350 e. The second kappa shape index (κ2) is 6.91. The Morgan fingerprint density at radius 2 is 1.97 bits per heavy atom. The Morgan fingerprint density at radius 1 is 1.14 bits per heavy atom. The molecule has 2 atom stereocenters. The minimum absolute atomic E-state index is 0.199. The summed E-state index contributed by atoms with van der Waals surface area (Å²) in [7, 11) is 0. The zero-order valence-electron chi connectivity index (χ0n) is 15.9. The molecule has 9 heteroatoms. The van der Waals surface area contributed by atoms with Crippen molar-refractivity contribution in [3.05, 3.63) is 60.1 Å². The highest BCUT2D eigenvalue weighted by Crippen LogP contribution is 2.36. The van der Waals surface area contributed by atoms with Gasteiger partial charge in [-0.3, -0.25) is 9.78 Å². The molecule has 148 valence electrons. The molecule has 29 heavy (non-hydrogen) atoms. The van der Waals surface area contributed by atoms with Gasteiger partial charge in [0.25, 0.3) is 5.91 Å². The number of aryl methyl sites for hydroxylation is 1. The van der Waals surface area contributed by atoms with Gasteiger partial charge >= 0.3 is 0 Å². The number of benzene rings is 1. The number of piperidine rings is 1. The summed E-state index contributed by atoms with van der Waals surface area (Å²) in [5.41, 5.74) is 1.61. The molecule has 0 saturated carbocycles. The SMILES string of the molecule is Cc1cnc(N2C[C@@H]3CCN(C(=O)c4cc(F)ccc4-n4nccn4)C[C@@H]32)cn1. The molecule has 8 nitrogen and oxygen atoms in total. The standard InChI is InChI=1S/C20H20FN7O/c1-13-9-23-19(10-22-13)27-11-14-4-7-26(12-18(14)27)20(29)16-8-15(21)2-3-17(16)28-24-5-6-25-28/h2-3,5-6,8-10,14,18H,4,7,11-12H2,1H3/t14-,18-/m0/s1. The van der Waals surface area contributed by atoms with E-state index in [-0.39, 0.29) is 17.5 Å². The lowest BCUT2D eigenvalue weighted by Crippen LogP contribution is -2.65. The number of rotatable bonds is 3. The van der Waals surface area contributed by atoms with Crippen molar-refractivity contribution in [2.24, 2.45) is 5.92 Å². The molecule has 2 saturated heterocycles. The van der Waals surface area contributed by atoms with E-state index in [0.29, 0.717) is 24.7 Å². The molecule has 0 N–H and O–H groups in total. The number of fused-ring (bicyclic) bond motifs is 1. The van der Waals surface area contributed by atoms with Crippen molar-refractivity contribution in [3.8, 4) is 5.69 Å². The highest BCUT2D eigenvalue weighted by atomic mass is 19.1. The summed E-state index contributed by atoms with van der Waals surface area (Å²) in [6, 6.07) is 4.31. The van der Waals surface area contributed by atoms with Crippen molar-refractivity contribution in [2.75, 3.05) is 24.5 Å². The lowest BCUT2D eigenvalue weighted by Gasteiger charge is -2.53. The number of anilines is 1. The van der Waals surface area contributed by atoms with Gasteiger partial charge in [-0.25, -0.2) is 9.37 Å². The van der Waals surface area contributed by atoms with Crippen LogP contribution in [-0.4, -0.2) is 61.4 Å². The number of hydrogen-bond donors (Lipinski definition) is 0. The topological polar surface area (TPSA) is 80.0 Å². The number of nitrogens with zero attached hydrogens (tertiary/aromatic N) is 7. The van der Waals surface area contributed by atoms with E-state index in [0.717, 1.165) is 24.5 Å². The second-order valence-electron chi connectivity index (χ2n) is 7.52. The number of likely N-dealkylation sites (tertiary alicyclic amines) is 1. The fourth-order valence-electron chi connectivity index (χ4n) is 4.14. The first-order chi connectivity index (χ1) is 14.1. The van der Waals surface area contributed by atoms with E-state index < -0.39 is 5.82 Å². The van der Waals surface area contributed by atoms with Crippen LogP contribution in [-0.2, 0) is 0 Å². The zero-order valence-corrected chi connectivity index (χ0v) is 15.9. The van der Waals surface area contributed by atoms with Crippen LogP contribution in [0.2, 0.25) is 0 Å². The van der Waals surface area contributed by atoms with Crippen LogP contribution in [0.3, 0.4) is 0 Å². The summed E-state index contributed by atoms with van der Waals surface area (Å²) >= 11 is 0. The Labute approximate surface area is 167 Å². The maximum Gasteiger partial charge on any atom is 0.256 e. The van der Waals surface area contributed by atoms with E-state index in [4.69, 9.17) is 0 Å². The molecule has 2 aromatic heterocycles. The van der Waals surface area contributed by atoms with Crippen molar-refractivity contribution in [1.82, 2.24) is 29.9 Å². The van der Waals surface area contributed by atoms with Gasteiger partial charge in [0.1, 0.15) is 11.6 Å². The minimum Gasteiger partial charge on any atom is -0.350 e. The zero-order chi connectivity index (χ0) is 20.0. The lowest BCUT2D eigenvalue weighted by molar-refractivity contribution is 0.0590. The van der Waals surface area contributed by atoms with Crippen LogP contribution in [0.5, 0.6) is 0 Å². The minimum atomic E-state index is -0.459. The van der Waals surface area contributed by atoms with E-state index in [9.17, 15) is 9.18 Å². The third-order valence-electron chi connectivity index (χ3n) is 5.72. The van der Waals surface area contributed by atoms with Crippen LogP contribution >= 0.6 is 0 Å². The maximum atomic E-state index is 13.9. The van der Waals surface area contributed by atoms with E-state index in [2.05, 4.69) is 25.1 Å². The molecule has 5 rings (SSSR count). The van der Waals surface area contributed by atoms with Gasteiger partial charge in [0, 0.05) is 25.6 Å². The van der Waals surface area contributed by atoms with Gasteiger partial charge in [-0.15, -0.1) is 0 Å². The van der Waals surface area contributed by atoms with Gasteiger partial charge in [0.2, 0.25) is 0 Å². The Balaban J connectivity index is 1.39. The van der Waals surface area contributed by atoms with Crippen molar-refractivity contribution in [2.45, 2.75) is 19.4 Å². The first kappa shape index (κ1) is 17.7. The first-order valence-electron chi connectivity index (χ1n) is 9.61. The molecule has 0 spiro atoms. The maximum absolute atomic E-state index is 13.9. The number of halogens is 1. The molecule has 0 unspecified atom stereocenters. The van der Waals surface area contributed by atoms with Crippen molar-refractivity contribution >= 4 is 11.7 Å². The Bertz CT molecular complexity index is 1040. The predicted molar refractivity (Wildman–Crippen MR) is 103 cm³/mol. The summed E-state index contributed by atoms with van der Waals surface area (Å²) in [6.45, 7) is 4.05. The number of hydrogen-bond acceptors (Lipinski definition) is 6. The molecule has 0 radical (unpaired) electrons. The van der Waals surface area contributed by atoms with Crippen molar-refractivity contribution in [1.29, 1.82) is 0 Å². The van der Waals surface area contributed by atoms with E-state index in [1.807, 2.05) is 6.92 Å². The van der Waals surface area contributed by atoms with Crippen LogP contribution in [0.15, 0.2) is 43.0 Å². The Hall–Kier alpha value is -3.36. The normalized spacial score (nSPS) is 20.9. The van der Waals surface area contributed by atoms with Crippen LogP contribution in [0, 0.1) is 18.7 Å². The molecular weight excluding hydrogens is 373 g/mol. The van der Waals surface area contributed by atoms with Crippen LogP contribution < -0.4 is 4.90 Å². The quantitative estimate of drug-likeness (QED) is 0.676. The van der Waals surface area contributed by atoms with Gasteiger partial charge in [0.15, 0.2) is 0 Å². The molecule has 4 heterocycles. The fraction of sp³-hybridized carbons (Fsp3) is 0.350. The van der Waals surface area contributed by atoms with Crippen LogP contribution in [0.4, 0.5) is 10.2 Å². The molecular formula is C20H20FN7O. The number of amides is 1. The molecule has 2 aliphatic rings. The number of carbonyl (C=O) groups is 1. The molecule has 2 aliphatic heterocycles. The van der Waals surface area contributed by atoms with E-state index >= 15 is 0 Å².